The molecule has 0 aromatic heterocycles. The molecule has 1 fully saturated rings. The van der Waals surface area contributed by atoms with E-state index in [4.69, 9.17) is 4.74 Å². The fraction of sp³-hybridized carbons (Fsp3) is 0.647. The Labute approximate surface area is 123 Å². The summed E-state index contributed by atoms with van der Waals surface area (Å²) in [6, 6.07) is 10.7. The van der Waals surface area contributed by atoms with Crippen LogP contribution in [0.3, 0.4) is 0 Å². The average molecular weight is 276 g/mol. The number of nitrogens with zero attached hydrogens (tertiary/aromatic N) is 1. The highest BCUT2D eigenvalue weighted by Crippen LogP contribution is 2.15. The van der Waals surface area contributed by atoms with Gasteiger partial charge in [0.15, 0.2) is 0 Å². The van der Waals surface area contributed by atoms with Crippen molar-refractivity contribution in [1.29, 1.82) is 0 Å². The molecule has 1 aromatic carbocycles. The van der Waals surface area contributed by atoms with Crippen molar-refractivity contribution in [3.8, 4) is 0 Å². The predicted octanol–water partition coefficient (Wildman–Crippen LogP) is 2.67. The van der Waals surface area contributed by atoms with Crippen LogP contribution in [-0.2, 0) is 11.3 Å². The summed E-state index contributed by atoms with van der Waals surface area (Å²) >= 11 is 0. The molecule has 1 aromatic rings. The summed E-state index contributed by atoms with van der Waals surface area (Å²) in [5.41, 5.74) is 1.40. The number of rotatable bonds is 9. The Morgan fingerprint density at radius 2 is 2.10 bits per heavy atom. The van der Waals surface area contributed by atoms with Crippen LogP contribution < -0.4 is 5.32 Å². The van der Waals surface area contributed by atoms with Gasteiger partial charge in [0.25, 0.3) is 0 Å². The summed E-state index contributed by atoms with van der Waals surface area (Å²) in [4.78, 5) is 2.50. The number of benzene rings is 1. The second-order valence-electron chi connectivity index (χ2n) is 5.61. The molecule has 112 valence electrons. The van der Waals surface area contributed by atoms with Crippen molar-refractivity contribution in [2.45, 2.75) is 38.8 Å². The summed E-state index contributed by atoms with van der Waals surface area (Å²) in [5, 5.41) is 3.41. The molecule has 1 aliphatic rings. The predicted molar refractivity (Wildman–Crippen MR) is 83.9 cm³/mol. The van der Waals surface area contributed by atoms with Crippen LogP contribution in [0.2, 0.25) is 0 Å². The third kappa shape index (κ3) is 5.61. The van der Waals surface area contributed by atoms with Gasteiger partial charge in [-0.3, -0.25) is 4.90 Å². The molecular weight excluding hydrogens is 248 g/mol. The minimum absolute atomic E-state index is 0.435. The molecule has 1 unspecified atom stereocenters. The highest BCUT2D eigenvalue weighted by atomic mass is 16.5. The van der Waals surface area contributed by atoms with E-state index in [1.54, 1.807) is 0 Å². The number of hydrogen-bond acceptors (Lipinski definition) is 3. The number of hydrogen-bond donors (Lipinski definition) is 1. The van der Waals surface area contributed by atoms with Crippen molar-refractivity contribution >= 4 is 0 Å². The van der Waals surface area contributed by atoms with Gasteiger partial charge in [-0.15, -0.1) is 0 Å². The Kier molecular flexibility index (Phi) is 7.06. The van der Waals surface area contributed by atoms with Gasteiger partial charge in [0, 0.05) is 26.2 Å². The lowest BCUT2D eigenvalue weighted by Crippen LogP contribution is -2.24. The van der Waals surface area contributed by atoms with Crippen molar-refractivity contribution in [2.75, 3.05) is 32.8 Å². The second kappa shape index (κ2) is 9.11. The number of ether oxygens (including phenoxy) is 1. The Bertz CT molecular complexity index is 355. The fourth-order valence-corrected chi connectivity index (χ4v) is 2.67. The molecule has 3 heteroatoms. The van der Waals surface area contributed by atoms with Crippen LogP contribution in [0.25, 0.3) is 0 Å². The molecule has 2 rings (SSSR count). The monoisotopic (exact) mass is 276 g/mol. The number of nitrogens with one attached hydrogen (secondary N) is 1. The third-order valence-corrected chi connectivity index (χ3v) is 3.76. The lowest BCUT2D eigenvalue weighted by Gasteiger charge is -2.16. The van der Waals surface area contributed by atoms with E-state index in [1.165, 1.54) is 18.4 Å². The average Bonchev–Trinajstić information content (AvgIpc) is 2.91. The van der Waals surface area contributed by atoms with E-state index >= 15 is 0 Å². The lowest BCUT2D eigenvalue weighted by atomic mass is 10.2. The summed E-state index contributed by atoms with van der Waals surface area (Å²) in [7, 11) is 0. The highest BCUT2D eigenvalue weighted by molar-refractivity contribution is 5.14. The first kappa shape index (κ1) is 15.5. The van der Waals surface area contributed by atoms with Gasteiger partial charge >= 0.3 is 0 Å². The minimum Gasteiger partial charge on any atom is -0.377 e. The van der Waals surface area contributed by atoms with Gasteiger partial charge in [0.05, 0.1) is 6.10 Å². The molecule has 1 heterocycles. The van der Waals surface area contributed by atoms with Crippen molar-refractivity contribution in [1.82, 2.24) is 10.2 Å². The highest BCUT2D eigenvalue weighted by Gasteiger charge is 2.22. The maximum Gasteiger partial charge on any atom is 0.0714 e. The molecule has 3 nitrogen and oxygen atoms in total. The van der Waals surface area contributed by atoms with Crippen LogP contribution in [0.1, 0.15) is 31.7 Å². The first-order valence-electron chi connectivity index (χ1n) is 7.97. The molecule has 1 saturated heterocycles. The van der Waals surface area contributed by atoms with Crippen molar-refractivity contribution < 1.29 is 4.74 Å². The molecule has 1 aliphatic heterocycles. The summed E-state index contributed by atoms with van der Waals surface area (Å²) in [5.74, 6) is 0. The molecule has 1 N–H and O–H groups in total. The fourth-order valence-electron chi connectivity index (χ4n) is 2.67. The van der Waals surface area contributed by atoms with Crippen LogP contribution in [0.4, 0.5) is 0 Å². The standard InChI is InChI=1S/C17H28N2O/c1-2-10-18-11-6-13-20-17-9-12-19(15-17)14-16-7-4-3-5-8-16/h3-5,7-8,17-18H,2,6,9-15H2,1H3. The van der Waals surface area contributed by atoms with E-state index in [0.717, 1.165) is 45.8 Å². The van der Waals surface area contributed by atoms with Gasteiger partial charge < -0.3 is 10.1 Å². The SMILES string of the molecule is CCCNCCCOC1CCN(Cc2ccccc2)C1. The quantitative estimate of drug-likeness (QED) is 0.702. The summed E-state index contributed by atoms with van der Waals surface area (Å²) in [6.07, 6.45) is 3.94. The minimum atomic E-state index is 0.435. The summed E-state index contributed by atoms with van der Waals surface area (Å²) in [6.45, 7) is 8.58. The first-order valence-corrected chi connectivity index (χ1v) is 7.97. The molecule has 0 radical (unpaired) electrons. The van der Waals surface area contributed by atoms with Gasteiger partial charge in [0.2, 0.25) is 0 Å². The van der Waals surface area contributed by atoms with Gasteiger partial charge in [-0.2, -0.15) is 0 Å². The topological polar surface area (TPSA) is 24.5 Å². The maximum atomic E-state index is 5.97. The largest absolute Gasteiger partial charge is 0.377 e. The zero-order valence-corrected chi connectivity index (χ0v) is 12.7. The first-order chi connectivity index (χ1) is 9.88. The molecular formula is C17H28N2O. The van der Waals surface area contributed by atoms with Gasteiger partial charge in [0.1, 0.15) is 0 Å². The van der Waals surface area contributed by atoms with E-state index in [0.29, 0.717) is 6.10 Å². The molecule has 0 aliphatic carbocycles. The van der Waals surface area contributed by atoms with Crippen molar-refractivity contribution in [3.63, 3.8) is 0 Å². The van der Waals surface area contributed by atoms with Crippen molar-refractivity contribution in [2.24, 2.45) is 0 Å². The Hall–Kier alpha value is -0.900. The number of likely N-dealkylation sites (tertiary alicyclic amines) is 1. The van der Waals surface area contributed by atoms with Crippen LogP contribution in [0.15, 0.2) is 30.3 Å². The van der Waals surface area contributed by atoms with E-state index in [-0.39, 0.29) is 0 Å². The third-order valence-electron chi connectivity index (χ3n) is 3.76. The molecule has 20 heavy (non-hydrogen) atoms. The molecule has 1 atom stereocenters. The van der Waals surface area contributed by atoms with Crippen LogP contribution in [0, 0.1) is 0 Å². The van der Waals surface area contributed by atoms with Crippen LogP contribution in [-0.4, -0.2) is 43.8 Å². The van der Waals surface area contributed by atoms with E-state index in [9.17, 15) is 0 Å². The lowest BCUT2D eigenvalue weighted by molar-refractivity contribution is 0.0571. The molecule has 0 bridgehead atoms. The van der Waals surface area contributed by atoms with E-state index < -0.39 is 0 Å². The summed E-state index contributed by atoms with van der Waals surface area (Å²) < 4.78 is 5.97. The normalized spacial score (nSPS) is 19.6. The molecule has 0 saturated carbocycles. The maximum absolute atomic E-state index is 5.97. The van der Waals surface area contributed by atoms with Crippen molar-refractivity contribution in [3.05, 3.63) is 35.9 Å². The van der Waals surface area contributed by atoms with Crippen LogP contribution in [0.5, 0.6) is 0 Å². The van der Waals surface area contributed by atoms with Gasteiger partial charge in [-0.05, 0) is 37.9 Å². The smallest absolute Gasteiger partial charge is 0.0714 e. The Balaban J connectivity index is 1.56. The van der Waals surface area contributed by atoms with Gasteiger partial charge in [-0.25, -0.2) is 0 Å². The molecule has 0 amide bonds. The second-order valence-corrected chi connectivity index (χ2v) is 5.61. The van der Waals surface area contributed by atoms with Gasteiger partial charge in [-0.1, -0.05) is 37.3 Å². The Morgan fingerprint density at radius 1 is 1.25 bits per heavy atom. The van der Waals surface area contributed by atoms with Crippen LogP contribution >= 0.6 is 0 Å². The zero-order valence-electron chi connectivity index (χ0n) is 12.7. The Morgan fingerprint density at radius 3 is 2.90 bits per heavy atom. The van der Waals surface area contributed by atoms with E-state index in [1.807, 2.05) is 0 Å². The zero-order chi connectivity index (χ0) is 14.0. The van der Waals surface area contributed by atoms with E-state index in [2.05, 4.69) is 47.5 Å². The molecule has 0 spiro atoms.